The number of ether oxygens (including phenoxy) is 1. The molecular weight excluding hydrogens is 194 g/mol. The third kappa shape index (κ3) is 4.20. The van der Waals surface area contributed by atoms with Crippen LogP contribution in [0.3, 0.4) is 0 Å². The van der Waals surface area contributed by atoms with E-state index in [0.717, 1.165) is 13.1 Å². The minimum absolute atomic E-state index is 0.338. The summed E-state index contributed by atoms with van der Waals surface area (Å²) in [6.07, 6.45) is 5.51. The van der Waals surface area contributed by atoms with Gasteiger partial charge in [0, 0.05) is 17.8 Å². The van der Waals surface area contributed by atoms with Crippen molar-refractivity contribution in [1.82, 2.24) is 5.32 Å². The van der Waals surface area contributed by atoms with Crippen molar-refractivity contribution in [2.24, 2.45) is 0 Å². The summed E-state index contributed by atoms with van der Waals surface area (Å²) in [5, 5.41) is 3.49. The summed E-state index contributed by atoms with van der Waals surface area (Å²) in [6.45, 7) is 8.76. The highest BCUT2D eigenvalue weighted by Crippen LogP contribution is 2.21. The minimum Gasteiger partial charge on any atom is -0.374 e. The van der Waals surface area contributed by atoms with Crippen LogP contribution in [-0.2, 0) is 4.74 Å². The molecule has 0 spiro atoms. The van der Waals surface area contributed by atoms with Crippen LogP contribution in [0.15, 0.2) is 0 Å². The lowest BCUT2D eigenvalue weighted by Gasteiger charge is -2.23. The second-order valence-corrected chi connectivity index (χ2v) is 6.25. The van der Waals surface area contributed by atoms with E-state index in [2.05, 4.69) is 32.3 Å². The molecule has 1 fully saturated rings. The van der Waals surface area contributed by atoms with Gasteiger partial charge in [-0.2, -0.15) is 11.8 Å². The monoisotopic (exact) mass is 217 g/mol. The maximum absolute atomic E-state index is 5.74. The Balaban J connectivity index is 2.10. The SMILES string of the molecule is CSC(C)(C)CNCC1CCC(C)O1. The first-order chi connectivity index (χ1) is 6.53. The average molecular weight is 217 g/mol. The van der Waals surface area contributed by atoms with E-state index in [1.165, 1.54) is 12.8 Å². The van der Waals surface area contributed by atoms with Gasteiger partial charge in [0.25, 0.3) is 0 Å². The predicted molar refractivity (Wildman–Crippen MR) is 64.0 cm³/mol. The largest absolute Gasteiger partial charge is 0.374 e. The molecule has 0 saturated carbocycles. The number of rotatable bonds is 5. The summed E-state index contributed by atoms with van der Waals surface area (Å²) in [7, 11) is 0. The standard InChI is InChI=1S/C11H23NOS/c1-9-5-6-10(13-9)7-12-8-11(2,3)14-4/h9-10,12H,5-8H2,1-4H3. The normalized spacial score (nSPS) is 28.3. The summed E-state index contributed by atoms with van der Waals surface area (Å²) >= 11 is 1.91. The molecule has 1 aliphatic heterocycles. The van der Waals surface area contributed by atoms with Crippen molar-refractivity contribution in [1.29, 1.82) is 0 Å². The van der Waals surface area contributed by atoms with Crippen LogP contribution in [0.5, 0.6) is 0 Å². The van der Waals surface area contributed by atoms with Crippen molar-refractivity contribution in [3.8, 4) is 0 Å². The van der Waals surface area contributed by atoms with Gasteiger partial charge in [0.1, 0.15) is 0 Å². The van der Waals surface area contributed by atoms with Crippen LogP contribution in [0.4, 0.5) is 0 Å². The molecular formula is C11H23NOS. The molecule has 1 saturated heterocycles. The molecule has 1 heterocycles. The zero-order valence-corrected chi connectivity index (χ0v) is 10.6. The van der Waals surface area contributed by atoms with Crippen molar-refractivity contribution in [3.05, 3.63) is 0 Å². The minimum atomic E-state index is 0.338. The maximum Gasteiger partial charge on any atom is 0.0704 e. The van der Waals surface area contributed by atoms with Gasteiger partial charge in [0.2, 0.25) is 0 Å². The summed E-state index contributed by atoms with van der Waals surface area (Å²) < 4.78 is 6.08. The van der Waals surface area contributed by atoms with Crippen LogP contribution in [-0.4, -0.2) is 36.3 Å². The molecule has 2 atom stereocenters. The van der Waals surface area contributed by atoms with Crippen LogP contribution < -0.4 is 5.32 Å². The summed E-state index contributed by atoms with van der Waals surface area (Å²) in [5.74, 6) is 0. The smallest absolute Gasteiger partial charge is 0.0704 e. The highest BCUT2D eigenvalue weighted by molar-refractivity contribution is 7.99. The van der Waals surface area contributed by atoms with Crippen molar-refractivity contribution in [2.75, 3.05) is 19.3 Å². The van der Waals surface area contributed by atoms with E-state index in [9.17, 15) is 0 Å². The van der Waals surface area contributed by atoms with Crippen LogP contribution in [0.1, 0.15) is 33.6 Å². The van der Waals surface area contributed by atoms with E-state index >= 15 is 0 Å². The van der Waals surface area contributed by atoms with Crippen LogP contribution in [0.2, 0.25) is 0 Å². The Labute approximate surface area is 92.2 Å². The first-order valence-electron chi connectivity index (χ1n) is 5.45. The quantitative estimate of drug-likeness (QED) is 0.763. The van der Waals surface area contributed by atoms with E-state index in [-0.39, 0.29) is 0 Å². The highest BCUT2D eigenvalue weighted by Gasteiger charge is 2.22. The third-order valence-electron chi connectivity index (χ3n) is 2.80. The van der Waals surface area contributed by atoms with Gasteiger partial charge in [0.15, 0.2) is 0 Å². The van der Waals surface area contributed by atoms with Crippen molar-refractivity contribution in [3.63, 3.8) is 0 Å². The number of hydrogen-bond acceptors (Lipinski definition) is 3. The molecule has 0 aromatic carbocycles. The Hall–Kier alpha value is 0.270. The molecule has 0 aromatic heterocycles. The molecule has 1 N–H and O–H groups in total. The molecule has 0 amide bonds. The van der Waals surface area contributed by atoms with Gasteiger partial charge < -0.3 is 10.1 Å². The molecule has 0 radical (unpaired) electrons. The molecule has 14 heavy (non-hydrogen) atoms. The third-order valence-corrected chi connectivity index (χ3v) is 4.04. The lowest BCUT2D eigenvalue weighted by Crippen LogP contribution is -2.36. The Kier molecular flexibility index (Phi) is 4.74. The molecule has 3 heteroatoms. The number of hydrogen-bond donors (Lipinski definition) is 1. The second kappa shape index (κ2) is 5.38. The predicted octanol–water partition coefficient (Wildman–Crippen LogP) is 2.29. The zero-order valence-electron chi connectivity index (χ0n) is 9.80. The first-order valence-corrected chi connectivity index (χ1v) is 6.67. The summed E-state index contributed by atoms with van der Waals surface area (Å²) in [4.78, 5) is 0. The molecule has 0 aliphatic carbocycles. The molecule has 1 aliphatic rings. The van der Waals surface area contributed by atoms with Gasteiger partial charge in [-0.25, -0.2) is 0 Å². The van der Waals surface area contributed by atoms with E-state index in [4.69, 9.17) is 4.74 Å². The topological polar surface area (TPSA) is 21.3 Å². The van der Waals surface area contributed by atoms with E-state index < -0.39 is 0 Å². The van der Waals surface area contributed by atoms with Gasteiger partial charge in [-0.3, -0.25) is 0 Å². The summed E-state index contributed by atoms with van der Waals surface area (Å²) in [5.41, 5.74) is 0. The maximum atomic E-state index is 5.74. The van der Waals surface area contributed by atoms with Crippen LogP contribution >= 0.6 is 11.8 Å². The Morgan fingerprint density at radius 3 is 2.64 bits per heavy atom. The van der Waals surface area contributed by atoms with Crippen LogP contribution in [0.25, 0.3) is 0 Å². The molecule has 1 rings (SSSR count). The van der Waals surface area contributed by atoms with Crippen molar-refractivity contribution in [2.45, 2.75) is 50.6 Å². The van der Waals surface area contributed by atoms with E-state index in [0.29, 0.717) is 17.0 Å². The van der Waals surface area contributed by atoms with Crippen LogP contribution in [0, 0.1) is 0 Å². The lowest BCUT2D eigenvalue weighted by atomic mass is 10.2. The van der Waals surface area contributed by atoms with E-state index in [1.807, 2.05) is 11.8 Å². The first kappa shape index (κ1) is 12.3. The fourth-order valence-electron chi connectivity index (χ4n) is 1.64. The fourth-order valence-corrected chi connectivity index (χ4v) is 1.89. The Morgan fingerprint density at radius 1 is 1.43 bits per heavy atom. The number of thioether (sulfide) groups is 1. The molecule has 0 aromatic rings. The summed E-state index contributed by atoms with van der Waals surface area (Å²) in [6, 6.07) is 0. The molecule has 2 nitrogen and oxygen atoms in total. The Morgan fingerprint density at radius 2 is 2.14 bits per heavy atom. The Bertz CT molecular complexity index is 173. The van der Waals surface area contributed by atoms with Gasteiger partial charge in [-0.05, 0) is 39.9 Å². The van der Waals surface area contributed by atoms with Gasteiger partial charge in [0.05, 0.1) is 12.2 Å². The highest BCUT2D eigenvalue weighted by atomic mass is 32.2. The average Bonchev–Trinajstić information content (AvgIpc) is 2.51. The van der Waals surface area contributed by atoms with Crippen molar-refractivity contribution < 1.29 is 4.74 Å². The molecule has 2 unspecified atom stereocenters. The zero-order chi connectivity index (χ0) is 10.6. The van der Waals surface area contributed by atoms with Gasteiger partial charge in [-0.15, -0.1) is 0 Å². The lowest BCUT2D eigenvalue weighted by molar-refractivity contribution is 0.0559. The fraction of sp³-hybridized carbons (Fsp3) is 1.00. The molecule has 84 valence electrons. The molecule has 0 bridgehead atoms. The van der Waals surface area contributed by atoms with Gasteiger partial charge in [-0.1, -0.05) is 0 Å². The second-order valence-electron chi connectivity index (χ2n) is 4.74. The van der Waals surface area contributed by atoms with Gasteiger partial charge >= 0.3 is 0 Å². The van der Waals surface area contributed by atoms with Crippen molar-refractivity contribution >= 4 is 11.8 Å². The number of nitrogens with one attached hydrogen (secondary N) is 1. The van der Waals surface area contributed by atoms with E-state index in [1.54, 1.807) is 0 Å².